The second-order valence-electron chi connectivity index (χ2n) is 5.60. The first-order valence-corrected chi connectivity index (χ1v) is 7.84. The molecule has 0 rings (SSSR count). The average molecular weight is 241 g/mol. The smallest absolute Gasteiger partial charge is 0.00898 e. The van der Waals surface area contributed by atoms with E-state index >= 15 is 0 Å². The van der Waals surface area contributed by atoms with Crippen LogP contribution < -0.4 is 0 Å². The zero-order valence-electron chi connectivity index (χ0n) is 13.1. The Labute approximate surface area is 110 Å². The fraction of sp³-hybridized carbons (Fsp3) is 1.00. The highest BCUT2D eigenvalue weighted by Crippen LogP contribution is 2.20. The topological polar surface area (TPSA) is 3.24 Å². The van der Waals surface area contributed by atoms with Gasteiger partial charge in [-0.3, -0.25) is 0 Å². The predicted molar refractivity (Wildman–Crippen MR) is 79.5 cm³/mol. The van der Waals surface area contributed by atoms with Crippen molar-refractivity contribution in [3.8, 4) is 0 Å². The molecule has 0 amide bonds. The molecule has 0 saturated heterocycles. The lowest BCUT2D eigenvalue weighted by molar-refractivity contribution is 0.185. The maximum atomic E-state index is 2.67. The average Bonchev–Trinajstić information content (AvgIpc) is 2.36. The lowest BCUT2D eigenvalue weighted by Crippen LogP contribution is -2.35. The molecule has 1 heteroatoms. The van der Waals surface area contributed by atoms with Gasteiger partial charge in [-0.05, 0) is 50.6 Å². The molecule has 2 atom stereocenters. The van der Waals surface area contributed by atoms with E-state index in [1.165, 1.54) is 45.2 Å². The molecule has 0 N–H and O–H groups in total. The van der Waals surface area contributed by atoms with Crippen molar-refractivity contribution in [3.63, 3.8) is 0 Å². The van der Waals surface area contributed by atoms with E-state index in [4.69, 9.17) is 0 Å². The van der Waals surface area contributed by atoms with Gasteiger partial charge >= 0.3 is 0 Å². The molecule has 0 aliphatic heterocycles. The molecule has 0 bridgehead atoms. The van der Waals surface area contributed by atoms with Crippen LogP contribution in [0.1, 0.15) is 73.6 Å². The monoisotopic (exact) mass is 241 g/mol. The molecule has 0 aromatic rings. The van der Waals surface area contributed by atoms with Gasteiger partial charge in [0.2, 0.25) is 0 Å². The van der Waals surface area contributed by atoms with Crippen molar-refractivity contribution in [1.82, 2.24) is 4.90 Å². The first kappa shape index (κ1) is 17.0. The molecule has 1 nitrogen and oxygen atoms in total. The summed E-state index contributed by atoms with van der Waals surface area (Å²) in [6.07, 6.45) is 6.68. The minimum Gasteiger partial charge on any atom is -0.301 e. The predicted octanol–water partition coefficient (Wildman–Crippen LogP) is 4.96. The van der Waals surface area contributed by atoms with Gasteiger partial charge in [-0.2, -0.15) is 0 Å². The van der Waals surface area contributed by atoms with Gasteiger partial charge in [0.1, 0.15) is 0 Å². The summed E-state index contributed by atoms with van der Waals surface area (Å²) in [7, 11) is 0. The Morgan fingerprint density at radius 3 is 1.82 bits per heavy atom. The van der Waals surface area contributed by atoms with Crippen molar-refractivity contribution in [1.29, 1.82) is 0 Å². The van der Waals surface area contributed by atoms with Crippen LogP contribution in [0.25, 0.3) is 0 Å². The molecule has 2 unspecified atom stereocenters. The Morgan fingerprint density at radius 1 is 0.824 bits per heavy atom. The second-order valence-corrected chi connectivity index (χ2v) is 5.60. The quantitative estimate of drug-likeness (QED) is 0.522. The molecule has 0 heterocycles. The van der Waals surface area contributed by atoms with E-state index < -0.39 is 0 Å². The van der Waals surface area contributed by atoms with E-state index in [2.05, 4.69) is 46.4 Å². The minimum absolute atomic E-state index is 0.805. The van der Waals surface area contributed by atoms with Gasteiger partial charge < -0.3 is 4.90 Å². The maximum absolute atomic E-state index is 2.67. The molecule has 17 heavy (non-hydrogen) atoms. The van der Waals surface area contributed by atoms with Gasteiger partial charge in [0.05, 0.1) is 0 Å². The summed E-state index contributed by atoms with van der Waals surface area (Å²) in [6, 6.07) is 0.805. The SMILES string of the molecule is CCC(C)C(C)CCCN(CC)C(CC)CC. The summed E-state index contributed by atoms with van der Waals surface area (Å²) in [6.45, 7) is 16.6. The van der Waals surface area contributed by atoms with Crippen LogP contribution in [0, 0.1) is 11.8 Å². The minimum atomic E-state index is 0.805. The highest BCUT2D eigenvalue weighted by atomic mass is 15.1. The standard InChI is InChI=1S/C16H35N/c1-7-14(5)15(6)12-11-13-17(10-4)16(8-2)9-3/h14-16H,7-13H2,1-6H3. The summed E-state index contributed by atoms with van der Waals surface area (Å²) >= 11 is 0. The largest absolute Gasteiger partial charge is 0.301 e. The van der Waals surface area contributed by atoms with Crippen molar-refractivity contribution in [2.24, 2.45) is 11.8 Å². The highest BCUT2D eigenvalue weighted by Gasteiger charge is 2.14. The molecule has 0 radical (unpaired) electrons. The lowest BCUT2D eigenvalue weighted by Gasteiger charge is -2.30. The van der Waals surface area contributed by atoms with E-state index in [1.807, 2.05) is 0 Å². The van der Waals surface area contributed by atoms with Crippen LogP contribution in [-0.4, -0.2) is 24.0 Å². The van der Waals surface area contributed by atoms with Gasteiger partial charge in [0.15, 0.2) is 0 Å². The van der Waals surface area contributed by atoms with Crippen LogP contribution in [0.2, 0.25) is 0 Å². The Hall–Kier alpha value is -0.0400. The summed E-state index contributed by atoms with van der Waals surface area (Å²) in [5, 5.41) is 0. The first-order valence-electron chi connectivity index (χ1n) is 7.84. The van der Waals surface area contributed by atoms with Crippen LogP contribution in [0.4, 0.5) is 0 Å². The molecular weight excluding hydrogens is 206 g/mol. The summed E-state index contributed by atoms with van der Waals surface area (Å²) < 4.78 is 0. The van der Waals surface area contributed by atoms with Crippen LogP contribution in [0.15, 0.2) is 0 Å². The lowest BCUT2D eigenvalue weighted by atomic mass is 9.89. The van der Waals surface area contributed by atoms with Gasteiger partial charge in [0, 0.05) is 6.04 Å². The number of rotatable bonds is 10. The Bertz CT molecular complexity index is 163. The van der Waals surface area contributed by atoms with E-state index in [-0.39, 0.29) is 0 Å². The van der Waals surface area contributed by atoms with Gasteiger partial charge in [-0.1, -0.05) is 48.0 Å². The van der Waals surface area contributed by atoms with Crippen molar-refractivity contribution in [2.45, 2.75) is 79.7 Å². The third-order valence-corrected chi connectivity index (χ3v) is 4.59. The van der Waals surface area contributed by atoms with Crippen molar-refractivity contribution in [3.05, 3.63) is 0 Å². The molecule has 0 aromatic carbocycles. The zero-order chi connectivity index (χ0) is 13.3. The summed E-state index contributed by atoms with van der Waals surface area (Å²) in [5.74, 6) is 1.78. The van der Waals surface area contributed by atoms with Gasteiger partial charge in [0.25, 0.3) is 0 Å². The fourth-order valence-electron chi connectivity index (χ4n) is 2.71. The van der Waals surface area contributed by atoms with Gasteiger partial charge in [-0.25, -0.2) is 0 Å². The molecule has 0 spiro atoms. The first-order chi connectivity index (χ1) is 8.10. The second kappa shape index (κ2) is 9.94. The maximum Gasteiger partial charge on any atom is 0.00898 e. The third kappa shape index (κ3) is 6.45. The van der Waals surface area contributed by atoms with Crippen molar-refractivity contribution >= 4 is 0 Å². The van der Waals surface area contributed by atoms with Crippen LogP contribution in [0.3, 0.4) is 0 Å². The summed E-state index contributed by atoms with van der Waals surface area (Å²) in [4.78, 5) is 2.67. The summed E-state index contributed by atoms with van der Waals surface area (Å²) in [5.41, 5.74) is 0. The van der Waals surface area contributed by atoms with E-state index in [0.29, 0.717) is 0 Å². The molecule has 0 aliphatic rings. The molecule has 104 valence electrons. The Morgan fingerprint density at radius 2 is 1.41 bits per heavy atom. The molecule has 0 fully saturated rings. The van der Waals surface area contributed by atoms with Crippen LogP contribution in [-0.2, 0) is 0 Å². The van der Waals surface area contributed by atoms with Crippen molar-refractivity contribution < 1.29 is 0 Å². The molecule has 0 saturated carbocycles. The number of nitrogens with zero attached hydrogens (tertiary/aromatic N) is 1. The van der Waals surface area contributed by atoms with Crippen molar-refractivity contribution in [2.75, 3.05) is 13.1 Å². The molecule has 0 aromatic heterocycles. The van der Waals surface area contributed by atoms with Gasteiger partial charge in [-0.15, -0.1) is 0 Å². The fourth-order valence-corrected chi connectivity index (χ4v) is 2.71. The zero-order valence-corrected chi connectivity index (χ0v) is 13.1. The Kier molecular flexibility index (Phi) is 9.91. The van der Waals surface area contributed by atoms with E-state index in [9.17, 15) is 0 Å². The van der Waals surface area contributed by atoms with Crippen LogP contribution in [0.5, 0.6) is 0 Å². The molecule has 0 aliphatic carbocycles. The number of hydrogen-bond donors (Lipinski definition) is 0. The Balaban J connectivity index is 3.91. The normalized spacial score (nSPS) is 15.5. The van der Waals surface area contributed by atoms with E-state index in [0.717, 1.165) is 17.9 Å². The van der Waals surface area contributed by atoms with Crippen LogP contribution >= 0.6 is 0 Å². The molecular formula is C16H35N. The third-order valence-electron chi connectivity index (χ3n) is 4.59. The number of hydrogen-bond acceptors (Lipinski definition) is 1. The highest BCUT2D eigenvalue weighted by molar-refractivity contribution is 4.69. The van der Waals surface area contributed by atoms with E-state index in [1.54, 1.807) is 0 Å².